The van der Waals surface area contributed by atoms with Crippen LogP contribution < -0.4 is 5.32 Å². The van der Waals surface area contributed by atoms with Gasteiger partial charge < -0.3 is 5.32 Å². The topological polar surface area (TPSA) is 24.9 Å². The lowest BCUT2D eigenvalue weighted by Crippen LogP contribution is -2.25. The second kappa shape index (κ2) is 7.87. The highest BCUT2D eigenvalue weighted by Crippen LogP contribution is 2.27. The third-order valence-corrected chi connectivity index (χ3v) is 4.09. The van der Waals surface area contributed by atoms with Crippen molar-refractivity contribution in [3.8, 4) is 0 Å². The maximum atomic E-state index is 14.1. The van der Waals surface area contributed by atoms with Gasteiger partial charge in [-0.1, -0.05) is 34.5 Å². The maximum absolute atomic E-state index is 14.1. The van der Waals surface area contributed by atoms with E-state index in [1.807, 2.05) is 12.1 Å². The van der Waals surface area contributed by atoms with Crippen molar-refractivity contribution in [3.63, 3.8) is 0 Å². The fourth-order valence-electron chi connectivity index (χ4n) is 2.18. The molecule has 0 bridgehead atoms. The molecule has 0 spiro atoms. The smallest absolute Gasteiger partial charge is 0.128 e. The van der Waals surface area contributed by atoms with Gasteiger partial charge >= 0.3 is 0 Å². The van der Waals surface area contributed by atoms with E-state index < -0.39 is 0 Å². The maximum Gasteiger partial charge on any atom is 0.128 e. The highest BCUT2D eigenvalue weighted by molar-refractivity contribution is 9.10. The van der Waals surface area contributed by atoms with Crippen LogP contribution in [-0.2, 0) is 6.42 Å². The summed E-state index contributed by atoms with van der Waals surface area (Å²) in [7, 11) is 0. The number of hydrogen-bond acceptors (Lipinski definition) is 2. The molecule has 2 aromatic rings. The van der Waals surface area contributed by atoms with E-state index in [0.29, 0.717) is 17.0 Å². The van der Waals surface area contributed by atoms with Crippen LogP contribution >= 0.6 is 27.5 Å². The number of aromatic nitrogens is 1. The molecule has 0 saturated carbocycles. The minimum atomic E-state index is -0.211. The molecule has 0 amide bonds. The monoisotopic (exact) mass is 370 g/mol. The Bertz CT molecular complexity index is 607. The van der Waals surface area contributed by atoms with Crippen LogP contribution in [0.1, 0.15) is 30.5 Å². The van der Waals surface area contributed by atoms with Gasteiger partial charge in [0.25, 0.3) is 0 Å². The van der Waals surface area contributed by atoms with E-state index in [9.17, 15) is 4.39 Å². The first kappa shape index (κ1) is 16.4. The average Bonchev–Trinajstić information content (AvgIpc) is 2.48. The Balaban J connectivity index is 2.30. The van der Waals surface area contributed by atoms with Crippen LogP contribution in [0, 0.1) is 5.82 Å². The fourth-order valence-corrected chi connectivity index (χ4v) is 2.76. The molecule has 1 aromatic carbocycles. The number of rotatable bonds is 6. The van der Waals surface area contributed by atoms with Crippen LogP contribution in [0.15, 0.2) is 41.1 Å². The van der Waals surface area contributed by atoms with Gasteiger partial charge in [-0.15, -0.1) is 0 Å². The number of pyridine rings is 1. The van der Waals surface area contributed by atoms with E-state index in [2.05, 4.69) is 33.2 Å². The number of benzene rings is 1. The summed E-state index contributed by atoms with van der Waals surface area (Å²) in [5.41, 5.74) is 1.60. The van der Waals surface area contributed by atoms with Gasteiger partial charge in [-0.05, 0) is 49.2 Å². The lowest BCUT2D eigenvalue weighted by Gasteiger charge is -2.20. The first-order valence-electron chi connectivity index (χ1n) is 6.88. The van der Waals surface area contributed by atoms with E-state index in [0.717, 1.165) is 23.0 Å². The molecular weight excluding hydrogens is 355 g/mol. The quantitative estimate of drug-likeness (QED) is 0.779. The highest BCUT2D eigenvalue weighted by atomic mass is 79.9. The molecule has 1 unspecified atom stereocenters. The molecule has 112 valence electrons. The molecule has 0 aliphatic carbocycles. The Kier molecular flexibility index (Phi) is 6.15. The molecule has 1 heterocycles. The second-order valence-corrected chi connectivity index (χ2v) is 6.17. The van der Waals surface area contributed by atoms with Gasteiger partial charge in [-0.3, -0.25) is 4.98 Å². The molecule has 0 saturated heterocycles. The van der Waals surface area contributed by atoms with Gasteiger partial charge in [0.15, 0.2) is 0 Å². The summed E-state index contributed by atoms with van der Waals surface area (Å²) in [6, 6.07) is 6.75. The van der Waals surface area contributed by atoms with Crippen molar-refractivity contribution in [1.82, 2.24) is 10.3 Å². The van der Waals surface area contributed by atoms with Gasteiger partial charge in [0.05, 0.1) is 5.02 Å². The van der Waals surface area contributed by atoms with Crippen LogP contribution in [0.5, 0.6) is 0 Å². The Morgan fingerprint density at radius 2 is 2.19 bits per heavy atom. The predicted molar refractivity (Wildman–Crippen MR) is 88.1 cm³/mol. The third kappa shape index (κ3) is 4.50. The van der Waals surface area contributed by atoms with Crippen molar-refractivity contribution >= 4 is 27.5 Å². The molecule has 2 rings (SSSR count). The minimum Gasteiger partial charge on any atom is -0.310 e. The molecule has 1 aromatic heterocycles. The highest BCUT2D eigenvalue weighted by Gasteiger charge is 2.17. The Morgan fingerprint density at radius 3 is 2.90 bits per heavy atom. The van der Waals surface area contributed by atoms with E-state index >= 15 is 0 Å². The summed E-state index contributed by atoms with van der Waals surface area (Å²) in [6.45, 7) is 2.90. The van der Waals surface area contributed by atoms with Gasteiger partial charge in [0, 0.05) is 28.5 Å². The molecule has 1 N–H and O–H groups in total. The lowest BCUT2D eigenvalue weighted by atomic mass is 9.98. The molecule has 0 aliphatic heterocycles. The molecule has 0 aliphatic rings. The zero-order chi connectivity index (χ0) is 15.2. The Labute approximate surface area is 137 Å². The van der Waals surface area contributed by atoms with Crippen molar-refractivity contribution in [2.24, 2.45) is 0 Å². The molecule has 21 heavy (non-hydrogen) atoms. The SMILES string of the molecule is CCCNC(Cc1ccncc1Cl)c1cc(Br)ccc1F. The van der Waals surface area contributed by atoms with Crippen molar-refractivity contribution in [2.45, 2.75) is 25.8 Å². The zero-order valence-electron chi connectivity index (χ0n) is 11.7. The van der Waals surface area contributed by atoms with Crippen LogP contribution in [0.4, 0.5) is 4.39 Å². The lowest BCUT2D eigenvalue weighted by molar-refractivity contribution is 0.496. The average molecular weight is 372 g/mol. The van der Waals surface area contributed by atoms with Crippen LogP contribution in [-0.4, -0.2) is 11.5 Å². The van der Waals surface area contributed by atoms with Crippen LogP contribution in [0.25, 0.3) is 0 Å². The molecular formula is C16H17BrClFN2. The second-order valence-electron chi connectivity index (χ2n) is 4.84. The summed E-state index contributed by atoms with van der Waals surface area (Å²) in [4.78, 5) is 3.98. The molecule has 0 radical (unpaired) electrons. The largest absolute Gasteiger partial charge is 0.310 e. The fraction of sp³-hybridized carbons (Fsp3) is 0.312. The normalized spacial score (nSPS) is 12.4. The minimum absolute atomic E-state index is 0.123. The summed E-state index contributed by atoms with van der Waals surface area (Å²) in [5, 5.41) is 4.00. The number of nitrogens with one attached hydrogen (secondary N) is 1. The zero-order valence-corrected chi connectivity index (χ0v) is 14.1. The summed E-state index contributed by atoms with van der Waals surface area (Å²) in [5.74, 6) is -0.211. The Morgan fingerprint density at radius 1 is 1.38 bits per heavy atom. The van der Waals surface area contributed by atoms with E-state index in [1.54, 1.807) is 18.5 Å². The molecule has 0 fully saturated rings. The van der Waals surface area contributed by atoms with Gasteiger partial charge in [-0.2, -0.15) is 0 Å². The van der Waals surface area contributed by atoms with Gasteiger partial charge in [-0.25, -0.2) is 4.39 Å². The standard InChI is InChI=1S/C16H17BrClFN2/c1-2-6-21-16(8-11-5-7-20-10-14(11)18)13-9-12(17)3-4-15(13)19/h3-5,7,9-10,16,21H,2,6,8H2,1H3. The summed E-state index contributed by atoms with van der Waals surface area (Å²) in [6.07, 6.45) is 4.92. The van der Waals surface area contributed by atoms with Crippen LogP contribution in [0.2, 0.25) is 5.02 Å². The predicted octanol–water partition coefficient (Wildman–Crippen LogP) is 4.92. The van der Waals surface area contributed by atoms with E-state index in [1.165, 1.54) is 6.07 Å². The number of nitrogens with zero attached hydrogens (tertiary/aromatic N) is 1. The van der Waals surface area contributed by atoms with Crippen molar-refractivity contribution < 1.29 is 4.39 Å². The first-order chi connectivity index (χ1) is 10.1. The van der Waals surface area contributed by atoms with Crippen LogP contribution in [0.3, 0.4) is 0 Å². The summed E-state index contributed by atoms with van der Waals surface area (Å²) < 4.78 is 15.0. The first-order valence-corrected chi connectivity index (χ1v) is 8.05. The third-order valence-electron chi connectivity index (χ3n) is 3.25. The van der Waals surface area contributed by atoms with E-state index in [-0.39, 0.29) is 11.9 Å². The van der Waals surface area contributed by atoms with E-state index in [4.69, 9.17) is 11.6 Å². The van der Waals surface area contributed by atoms with Crippen molar-refractivity contribution in [3.05, 3.63) is 63.1 Å². The summed E-state index contributed by atoms with van der Waals surface area (Å²) >= 11 is 9.57. The molecule has 1 atom stereocenters. The molecule has 2 nitrogen and oxygen atoms in total. The van der Waals surface area contributed by atoms with Gasteiger partial charge in [0.2, 0.25) is 0 Å². The Hall–Kier alpha value is -0.970. The van der Waals surface area contributed by atoms with Gasteiger partial charge in [0.1, 0.15) is 5.82 Å². The van der Waals surface area contributed by atoms with Crippen molar-refractivity contribution in [1.29, 1.82) is 0 Å². The number of hydrogen-bond donors (Lipinski definition) is 1. The molecule has 5 heteroatoms. The van der Waals surface area contributed by atoms with Crippen molar-refractivity contribution in [2.75, 3.05) is 6.54 Å². The number of halogens is 3.